The fourth-order valence-electron chi connectivity index (χ4n) is 2.26. The Bertz CT molecular complexity index is 1000. The SMILES string of the molecule is N#CC(=C(O)COC(=O)COc1ccc(I)cc1)c1nc2ccccc2[nH]1. The fourth-order valence-corrected chi connectivity index (χ4v) is 2.62. The summed E-state index contributed by atoms with van der Waals surface area (Å²) in [6.45, 7) is -0.755. The third-order valence-corrected chi connectivity index (χ3v) is 4.29. The molecule has 0 radical (unpaired) electrons. The molecule has 3 rings (SSSR count). The van der Waals surface area contributed by atoms with Crippen LogP contribution in [0.3, 0.4) is 0 Å². The summed E-state index contributed by atoms with van der Waals surface area (Å²) in [6.07, 6.45) is 0. The number of carbonyl (C=O) groups excluding carboxylic acids is 1. The van der Waals surface area contributed by atoms with Gasteiger partial charge >= 0.3 is 5.97 Å². The first-order valence-corrected chi connectivity index (χ1v) is 8.96. The number of aliphatic hydroxyl groups excluding tert-OH is 1. The van der Waals surface area contributed by atoms with Crippen molar-refractivity contribution in [3.63, 3.8) is 0 Å². The van der Waals surface area contributed by atoms with Gasteiger partial charge in [0.2, 0.25) is 0 Å². The molecule has 0 spiro atoms. The number of aromatic nitrogens is 2. The first-order valence-electron chi connectivity index (χ1n) is 7.88. The third-order valence-electron chi connectivity index (χ3n) is 3.57. The molecule has 0 unspecified atom stereocenters. The summed E-state index contributed by atoms with van der Waals surface area (Å²) in [5.74, 6) is -0.310. The second-order valence-electron chi connectivity index (χ2n) is 5.44. The number of esters is 1. The second-order valence-corrected chi connectivity index (χ2v) is 6.68. The molecule has 0 aliphatic carbocycles. The van der Waals surface area contributed by atoms with Crippen molar-refractivity contribution in [3.05, 3.63) is 63.7 Å². The molecule has 3 aromatic rings. The molecule has 0 bridgehead atoms. The molecule has 1 aromatic heterocycles. The average Bonchev–Trinajstić information content (AvgIpc) is 3.10. The lowest BCUT2D eigenvalue weighted by Gasteiger charge is -2.07. The van der Waals surface area contributed by atoms with E-state index >= 15 is 0 Å². The number of nitriles is 1. The van der Waals surface area contributed by atoms with Crippen LogP contribution in [-0.4, -0.2) is 34.3 Å². The van der Waals surface area contributed by atoms with Crippen molar-refractivity contribution in [2.24, 2.45) is 0 Å². The van der Waals surface area contributed by atoms with Crippen LogP contribution in [0.25, 0.3) is 16.6 Å². The minimum Gasteiger partial charge on any atom is -0.507 e. The summed E-state index contributed by atoms with van der Waals surface area (Å²) in [7, 11) is 0. The Morgan fingerprint density at radius 3 is 2.63 bits per heavy atom. The Labute approximate surface area is 168 Å². The number of fused-ring (bicyclic) bond motifs is 1. The maximum absolute atomic E-state index is 11.8. The lowest BCUT2D eigenvalue weighted by Crippen LogP contribution is -2.16. The number of hydrogen-bond acceptors (Lipinski definition) is 6. The van der Waals surface area contributed by atoms with Gasteiger partial charge in [-0.05, 0) is 59.0 Å². The maximum atomic E-state index is 11.8. The highest BCUT2D eigenvalue weighted by atomic mass is 127. The highest BCUT2D eigenvalue weighted by Gasteiger charge is 2.15. The van der Waals surface area contributed by atoms with Crippen LogP contribution >= 0.6 is 22.6 Å². The van der Waals surface area contributed by atoms with Crippen molar-refractivity contribution >= 4 is 45.2 Å². The Morgan fingerprint density at radius 2 is 1.93 bits per heavy atom. The summed E-state index contributed by atoms with van der Waals surface area (Å²) in [5, 5.41) is 19.5. The van der Waals surface area contributed by atoms with Gasteiger partial charge < -0.3 is 19.6 Å². The molecule has 136 valence electrons. The minimum absolute atomic E-state index is 0.0856. The number of benzene rings is 2. The van der Waals surface area contributed by atoms with Crippen molar-refractivity contribution in [1.29, 1.82) is 5.26 Å². The molecule has 0 saturated heterocycles. The number of rotatable bonds is 6. The van der Waals surface area contributed by atoms with Crippen LogP contribution in [0.4, 0.5) is 0 Å². The third kappa shape index (κ3) is 4.77. The van der Waals surface area contributed by atoms with Crippen molar-refractivity contribution in [2.75, 3.05) is 13.2 Å². The summed E-state index contributed by atoms with van der Waals surface area (Å²) < 4.78 is 11.3. The number of aliphatic hydroxyl groups is 1. The van der Waals surface area contributed by atoms with Crippen LogP contribution in [-0.2, 0) is 9.53 Å². The molecular formula is C19H14IN3O4. The summed E-state index contributed by atoms with van der Waals surface area (Å²) >= 11 is 2.16. The molecule has 2 N–H and O–H groups in total. The van der Waals surface area contributed by atoms with E-state index in [1.54, 1.807) is 24.3 Å². The van der Waals surface area contributed by atoms with E-state index in [0.29, 0.717) is 11.3 Å². The number of imidazole rings is 1. The highest BCUT2D eigenvalue weighted by Crippen LogP contribution is 2.19. The van der Waals surface area contributed by atoms with Gasteiger partial charge in [-0.2, -0.15) is 5.26 Å². The van der Waals surface area contributed by atoms with Crippen molar-refractivity contribution < 1.29 is 19.4 Å². The lowest BCUT2D eigenvalue weighted by molar-refractivity contribution is -0.145. The molecule has 8 heteroatoms. The molecule has 1 heterocycles. The van der Waals surface area contributed by atoms with Gasteiger partial charge in [-0.25, -0.2) is 9.78 Å². The molecule has 27 heavy (non-hydrogen) atoms. The van der Waals surface area contributed by atoms with Crippen LogP contribution < -0.4 is 4.74 Å². The molecule has 0 saturated carbocycles. The average molecular weight is 475 g/mol. The van der Waals surface area contributed by atoms with Gasteiger partial charge in [0.25, 0.3) is 0 Å². The summed E-state index contributed by atoms with van der Waals surface area (Å²) in [6, 6.07) is 16.3. The van der Waals surface area contributed by atoms with E-state index in [4.69, 9.17) is 9.47 Å². The number of halogens is 1. The molecule has 2 aromatic carbocycles. The highest BCUT2D eigenvalue weighted by molar-refractivity contribution is 14.1. The number of H-pyrrole nitrogens is 1. The normalized spacial score (nSPS) is 11.6. The Morgan fingerprint density at radius 1 is 1.19 bits per heavy atom. The Hall–Kier alpha value is -3.06. The standard InChI is InChI=1S/C19H14IN3O4/c20-12-5-7-13(8-6-12)26-11-18(25)27-10-17(24)14(9-21)19-22-15-3-1-2-4-16(15)23-19/h1-8,24H,10-11H2,(H,22,23). The quantitative estimate of drug-likeness (QED) is 0.244. The number of ether oxygens (including phenoxy) is 2. The van der Waals surface area contributed by atoms with Crippen molar-refractivity contribution in [3.8, 4) is 11.8 Å². The van der Waals surface area contributed by atoms with Gasteiger partial charge in [0.1, 0.15) is 24.0 Å². The monoisotopic (exact) mass is 475 g/mol. The number of para-hydroxylation sites is 2. The smallest absolute Gasteiger partial charge is 0.344 e. The molecule has 7 nitrogen and oxygen atoms in total. The first-order chi connectivity index (χ1) is 13.1. The number of hydrogen-bond donors (Lipinski definition) is 2. The van der Waals surface area contributed by atoms with Crippen LogP contribution in [0.15, 0.2) is 54.3 Å². The number of allylic oxidation sites excluding steroid dienone is 1. The molecule has 0 amide bonds. The minimum atomic E-state index is -0.665. The van der Waals surface area contributed by atoms with E-state index < -0.39 is 12.6 Å². The fraction of sp³-hybridized carbons (Fsp3) is 0.105. The molecule has 0 fully saturated rings. The number of nitrogens with zero attached hydrogens (tertiary/aromatic N) is 2. The summed E-state index contributed by atoms with van der Waals surface area (Å²) in [4.78, 5) is 19.0. The molecule has 0 aliphatic rings. The van der Waals surface area contributed by atoms with Crippen molar-refractivity contribution in [2.45, 2.75) is 0 Å². The molecule has 0 aliphatic heterocycles. The molecular weight excluding hydrogens is 461 g/mol. The van der Waals surface area contributed by atoms with Gasteiger partial charge in [0.05, 0.1) is 11.0 Å². The molecule has 0 atom stereocenters. The zero-order valence-electron chi connectivity index (χ0n) is 14.0. The van der Waals surface area contributed by atoms with Crippen LogP contribution in [0, 0.1) is 14.9 Å². The van der Waals surface area contributed by atoms with E-state index in [0.717, 1.165) is 9.09 Å². The van der Waals surface area contributed by atoms with E-state index in [-0.39, 0.29) is 23.8 Å². The van der Waals surface area contributed by atoms with E-state index in [9.17, 15) is 15.2 Å². The first kappa shape index (κ1) is 18.7. The zero-order valence-corrected chi connectivity index (χ0v) is 16.1. The van der Waals surface area contributed by atoms with E-state index in [2.05, 4.69) is 32.6 Å². The Kier molecular flexibility index (Phi) is 5.93. The zero-order chi connectivity index (χ0) is 19.2. The van der Waals surface area contributed by atoms with Crippen molar-refractivity contribution in [1.82, 2.24) is 9.97 Å². The van der Waals surface area contributed by atoms with Gasteiger partial charge in [0.15, 0.2) is 18.2 Å². The van der Waals surface area contributed by atoms with Gasteiger partial charge in [-0.3, -0.25) is 0 Å². The van der Waals surface area contributed by atoms with Gasteiger partial charge in [-0.1, -0.05) is 12.1 Å². The Balaban J connectivity index is 1.61. The van der Waals surface area contributed by atoms with Crippen LogP contribution in [0.5, 0.6) is 5.75 Å². The maximum Gasteiger partial charge on any atom is 0.344 e. The number of aromatic amines is 1. The van der Waals surface area contributed by atoms with Gasteiger partial charge in [0, 0.05) is 3.57 Å². The predicted octanol–water partition coefficient (Wildman–Crippen LogP) is 3.58. The topological polar surface area (TPSA) is 108 Å². The van der Waals surface area contributed by atoms with E-state index in [1.807, 2.05) is 30.3 Å². The largest absolute Gasteiger partial charge is 0.507 e. The van der Waals surface area contributed by atoms with Gasteiger partial charge in [-0.15, -0.1) is 0 Å². The number of nitrogens with one attached hydrogen (secondary N) is 1. The second kappa shape index (κ2) is 8.55. The van der Waals surface area contributed by atoms with Crippen LogP contribution in [0.2, 0.25) is 0 Å². The van der Waals surface area contributed by atoms with Crippen LogP contribution in [0.1, 0.15) is 5.82 Å². The summed E-state index contributed by atoms with van der Waals surface area (Å²) in [5.41, 5.74) is 1.31. The predicted molar refractivity (Wildman–Crippen MR) is 107 cm³/mol. The lowest BCUT2D eigenvalue weighted by atomic mass is 10.2. The number of carbonyl (C=O) groups is 1. The van der Waals surface area contributed by atoms with E-state index in [1.165, 1.54) is 0 Å².